The number of amides is 2. The largest absolute Gasteiger partial charge is 0.508 e. The number of carbonyl (C=O) groups excluding carboxylic acids is 2. The van der Waals surface area contributed by atoms with Crippen LogP contribution in [0.1, 0.15) is 70.8 Å². The maximum atomic E-state index is 13.1. The molecule has 1 aromatic rings. The van der Waals surface area contributed by atoms with Crippen LogP contribution in [-0.4, -0.2) is 55.0 Å². The maximum Gasteiger partial charge on any atom is 0.224 e. The summed E-state index contributed by atoms with van der Waals surface area (Å²) in [6.07, 6.45) is 8.60. The predicted molar refractivity (Wildman–Crippen MR) is 139 cm³/mol. The highest BCUT2D eigenvalue weighted by molar-refractivity contribution is 5.85. The Morgan fingerprint density at radius 2 is 1.97 bits per heavy atom. The Balaban J connectivity index is 0.00000408. The number of piperidine rings is 1. The summed E-state index contributed by atoms with van der Waals surface area (Å²) in [5.74, 6) is 1.39. The van der Waals surface area contributed by atoms with Crippen molar-refractivity contribution in [3.63, 3.8) is 0 Å². The monoisotopic (exact) mass is 493 g/mol. The van der Waals surface area contributed by atoms with Gasteiger partial charge in [0.25, 0.3) is 0 Å². The molecule has 1 aliphatic heterocycles. The smallest absolute Gasteiger partial charge is 0.224 e. The summed E-state index contributed by atoms with van der Waals surface area (Å²) in [5.41, 5.74) is 1.21. The minimum absolute atomic E-state index is 0. The Labute approximate surface area is 211 Å². The van der Waals surface area contributed by atoms with E-state index in [-0.39, 0.29) is 35.6 Å². The number of nitrogens with one attached hydrogen (secondary N) is 2. The van der Waals surface area contributed by atoms with E-state index in [0.717, 1.165) is 32.5 Å². The highest BCUT2D eigenvalue weighted by Gasteiger charge is 2.39. The Kier molecular flexibility index (Phi) is 11.2. The summed E-state index contributed by atoms with van der Waals surface area (Å²) < 4.78 is 0. The zero-order valence-electron chi connectivity index (χ0n) is 21.1. The van der Waals surface area contributed by atoms with Crippen LogP contribution in [0.15, 0.2) is 24.3 Å². The molecule has 34 heavy (non-hydrogen) atoms. The molecule has 0 bridgehead atoms. The van der Waals surface area contributed by atoms with Crippen molar-refractivity contribution < 1.29 is 14.7 Å². The molecular formula is C27H44ClN3O3. The zero-order valence-corrected chi connectivity index (χ0v) is 22.0. The van der Waals surface area contributed by atoms with Crippen LogP contribution in [0.25, 0.3) is 0 Å². The fourth-order valence-electron chi connectivity index (χ4n) is 5.74. The summed E-state index contributed by atoms with van der Waals surface area (Å²) in [6.45, 7) is 7.65. The minimum Gasteiger partial charge on any atom is -0.508 e. The van der Waals surface area contributed by atoms with Crippen molar-refractivity contribution in [1.29, 1.82) is 0 Å². The van der Waals surface area contributed by atoms with Crippen LogP contribution in [0, 0.1) is 17.8 Å². The second-order valence-corrected chi connectivity index (χ2v) is 10.5. The van der Waals surface area contributed by atoms with Crippen LogP contribution in [0.2, 0.25) is 0 Å². The molecule has 2 amide bonds. The fourth-order valence-corrected chi connectivity index (χ4v) is 5.74. The number of phenols is 1. The van der Waals surface area contributed by atoms with Gasteiger partial charge in [0.1, 0.15) is 5.75 Å². The maximum absolute atomic E-state index is 13.1. The molecule has 1 heterocycles. The van der Waals surface area contributed by atoms with Gasteiger partial charge in [0.05, 0.1) is 5.92 Å². The first-order valence-electron chi connectivity index (χ1n) is 12.8. The summed E-state index contributed by atoms with van der Waals surface area (Å²) in [6, 6.07) is 7.68. The molecule has 0 spiro atoms. The second-order valence-electron chi connectivity index (χ2n) is 10.5. The highest BCUT2D eigenvalue weighted by atomic mass is 35.5. The van der Waals surface area contributed by atoms with Crippen LogP contribution in [0.4, 0.5) is 0 Å². The summed E-state index contributed by atoms with van der Waals surface area (Å²) in [5, 5.41) is 15.6. The normalized spacial score (nSPS) is 24.6. The molecule has 0 aromatic heterocycles. The number of carbonyl (C=O) groups is 2. The van der Waals surface area contributed by atoms with E-state index in [1.807, 2.05) is 12.1 Å². The lowest BCUT2D eigenvalue weighted by Crippen LogP contribution is -2.50. The quantitative estimate of drug-likeness (QED) is 0.480. The predicted octanol–water partition coefficient (Wildman–Crippen LogP) is 4.25. The number of aromatic hydroxyl groups is 1. The topological polar surface area (TPSA) is 81.7 Å². The first-order chi connectivity index (χ1) is 15.8. The van der Waals surface area contributed by atoms with Crippen LogP contribution in [-0.2, 0) is 15.0 Å². The Hall–Kier alpha value is -1.79. The van der Waals surface area contributed by atoms with Gasteiger partial charge in [-0.25, -0.2) is 0 Å². The SMILES string of the molecule is CNC(=O)CCNC(=O)C(CC1CCCCC1)CN1CCC(C)(c2cccc(O)c2)C(C)C1.Cl. The van der Waals surface area contributed by atoms with Crippen molar-refractivity contribution in [2.24, 2.45) is 17.8 Å². The number of halogens is 1. The molecular weight excluding hydrogens is 450 g/mol. The van der Waals surface area contributed by atoms with E-state index in [1.165, 1.54) is 37.7 Å². The van der Waals surface area contributed by atoms with Crippen molar-refractivity contribution in [2.45, 2.75) is 70.6 Å². The lowest BCUT2D eigenvalue weighted by Gasteiger charge is -2.46. The molecule has 2 fully saturated rings. The molecule has 2 aliphatic rings. The first-order valence-corrected chi connectivity index (χ1v) is 12.8. The van der Waals surface area contributed by atoms with E-state index in [1.54, 1.807) is 13.1 Å². The molecule has 3 unspecified atom stereocenters. The molecule has 3 rings (SSSR count). The lowest BCUT2D eigenvalue weighted by atomic mass is 9.68. The average Bonchev–Trinajstić information content (AvgIpc) is 2.81. The Bertz CT molecular complexity index is 799. The summed E-state index contributed by atoms with van der Waals surface area (Å²) in [7, 11) is 1.62. The van der Waals surface area contributed by atoms with Gasteiger partial charge in [-0.05, 0) is 54.3 Å². The van der Waals surface area contributed by atoms with Gasteiger partial charge in [0.2, 0.25) is 11.8 Å². The van der Waals surface area contributed by atoms with Crippen molar-refractivity contribution in [3.05, 3.63) is 29.8 Å². The van der Waals surface area contributed by atoms with E-state index >= 15 is 0 Å². The number of hydrogen-bond donors (Lipinski definition) is 3. The van der Waals surface area contributed by atoms with Crippen LogP contribution < -0.4 is 10.6 Å². The molecule has 3 atom stereocenters. The van der Waals surface area contributed by atoms with Crippen LogP contribution in [0.3, 0.4) is 0 Å². The van der Waals surface area contributed by atoms with Crippen LogP contribution >= 0.6 is 12.4 Å². The van der Waals surface area contributed by atoms with E-state index in [4.69, 9.17) is 0 Å². The van der Waals surface area contributed by atoms with Gasteiger partial charge in [-0.1, -0.05) is 58.1 Å². The average molecular weight is 494 g/mol. The van der Waals surface area contributed by atoms with Gasteiger partial charge < -0.3 is 20.6 Å². The molecule has 1 aromatic carbocycles. The zero-order chi connectivity index (χ0) is 23.8. The number of phenolic OH excluding ortho intramolecular Hbond substituents is 1. The van der Waals surface area contributed by atoms with Crippen molar-refractivity contribution >= 4 is 24.2 Å². The summed E-state index contributed by atoms with van der Waals surface area (Å²) >= 11 is 0. The lowest BCUT2D eigenvalue weighted by molar-refractivity contribution is -0.126. The highest BCUT2D eigenvalue weighted by Crippen LogP contribution is 2.40. The van der Waals surface area contributed by atoms with E-state index < -0.39 is 0 Å². The molecule has 0 radical (unpaired) electrons. The third-order valence-corrected chi connectivity index (χ3v) is 8.19. The Morgan fingerprint density at radius 3 is 2.62 bits per heavy atom. The van der Waals surface area contributed by atoms with E-state index in [0.29, 0.717) is 30.6 Å². The number of nitrogens with zero attached hydrogens (tertiary/aromatic N) is 1. The molecule has 1 aliphatic carbocycles. The number of likely N-dealkylation sites (tertiary alicyclic amines) is 1. The molecule has 1 saturated carbocycles. The van der Waals surface area contributed by atoms with E-state index in [9.17, 15) is 14.7 Å². The van der Waals surface area contributed by atoms with Crippen molar-refractivity contribution in [2.75, 3.05) is 33.2 Å². The molecule has 3 N–H and O–H groups in total. The summed E-state index contributed by atoms with van der Waals surface area (Å²) in [4.78, 5) is 27.1. The van der Waals surface area contributed by atoms with E-state index in [2.05, 4.69) is 35.4 Å². The minimum atomic E-state index is -0.0461. The third kappa shape index (κ3) is 7.61. The van der Waals surface area contributed by atoms with Gasteiger partial charge in [0, 0.05) is 33.1 Å². The molecule has 192 valence electrons. The standard InChI is InChI=1S/C27H43N3O3.ClH/c1-20-18-30(15-13-27(20,2)23-10-7-11-24(31)17-23)19-22(16-21-8-5-4-6-9-21)26(33)29-14-12-25(32)28-3;/h7,10-11,17,20-22,31H,4-6,8-9,12-16,18-19H2,1-3H3,(H,28,32)(H,29,33);1H. The van der Waals surface area contributed by atoms with Gasteiger partial charge in [-0.15, -0.1) is 12.4 Å². The Morgan fingerprint density at radius 1 is 1.24 bits per heavy atom. The third-order valence-electron chi connectivity index (χ3n) is 8.19. The number of rotatable bonds is 9. The van der Waals surface area contributed by atoms with Crippen molar-refractivity contribution in [1.82, 2.24) is 15.5 Å². The van der Waals surface area contributed by atoms with Gasteiger partial charge in [0.15, 0.2) is 0 Å². The van der Waals surface area contributed by atoms with Gasteiger partial charge in [-0.3, -0.25) is 9.59 Å². The second kappa shape index (κ2) is 13.3. The molecule has 7 heteroatoms. The first kappa shape index (κ1) is 28.4. The number of hydrogen-bond acceptors (Lipinski definition) is 4. The van der Waals surface area contributed by atoms with Crippen LogP contribution in [0.5, 0.6) is 5.75 Å². The van der Waals surface area contributed by atoms with Crippen molar-refractivity contribution in [3.8, 4) is 5.75 Å². The molecule has 1 saturated heterocycles. The fraction of sp³-hybridized carbons (Fsp3) is 0.704. The molecule has 6 nitrogen and oxygen atoms in total. The van der Waals surface area contributed by atoms with Gasteiger partial charge in [-0.2, -0.15) is 0 Å². The number of benzene rings is 1. The van der Waals surface area contributed by atoms with Gasteiger partial charge >= 0.3 is 0 Å².